The maximum atomic E-state index is 11.5. The predicted octanol–water partition coefficient (Wildman–Crippen LogP) is 0.925. The average Bonchev–Trinajstić information content (AvgIpc) is 2.46. The number of aromatic nitrogens is 1. The summed E-state index contributed by atoms with van der Waals surface area (Å²) in [6.07, 6.45) is 4.40. The van der Waals surface area contributed by atoms with Gasteiger partial charge in [-0.3, -0.25) is 4.98 Å². The largest absolute Gasteiger partial charge is 0.496 e. The van der Waals surface area contributed by atoms with Crippen LogP contribution in [-0.2, 0) is 24.9 Å². The van der Waals surface area contributed by atoms with Crippen molar-refractivity contribution < 1.29 is 17.7 Å². The first-order valence-electron chi connectivity index (χ1n) is 6.48. The molecule has 2 rings (SSSR count). The van der Waals surface area contributed by atoms with Crippen molar-refractivity contribution in [2.45, 2.75) is 44.6 Å². The van der Waals surface area contributed by atoms with Crippen LogP contribution < -0.4 is 5.46 Å². The fourth-order valence-corrected chi connectivity index (χ4v) is 2.86. The highest BCUT2D eigenvalue weighted by Crippen LogP contribution is 2.36. The molecule has 20 heavy (non-hydrogen) atoms. The standard InChI is InChI=1S/C13H20BNO4S/c1-12(2)13(3,4)19-14(18-12)11-8-15-7-6-10(11)9-20(5,16)17/h6-8H,9H2,1-5H3. The highest BCUT2D eigenvalue weighted by molar-refractivity contribution is 7.89. The van der Waals surface area contributed by atoms with Crippen LogP contribution in [0.5, 0.6) is 0 Å². The summed E-state index contributed by atoms with van der Waals surface area (Å²) in [7, 11) is -3.72. The van der Waals surface area contributed by atoms with Crippen LogP contribution in [0.3, 0.4) is 0 Å². The van der Waals surface area contributed by atoms with E-state index in [0.29, 0.717) is 11.0 Å². The fourth-order valence-electron chi connectivity index (χ4n) is 2.03. The van der Waals surface area contributed by atoms with Gasteiger partial charge in [-0.25, -0.2) is 8.42 Å². The lowest BCUT2D eigenvalue weighted by molar-refractivity contribution is 0.00578. The SMILES string of the molecule is CC1(C)OB(c2cnccc2CS(C)(=O)=O)OC1(C)C. The minimum atomic E-state index is -3.13. The normalized spacial score (nSPS) is 21.1. The van der Waals surface area contributed by atoms with Gasteiger partial charge in [0.05, 0.1) is 17.0 Å². The minimum absolute atomic E-state index is 0.0467. The molecule has 110 valence electrons. The number of hydrogen-bond donors (Lipinski definition) is 0. The number of pyridine rings is 1. The molecule has 0 spiro atoms. The smallest absolute Gasteiger partial charge is 0.399 e. The third-order valence-corrected chi connectivity index (χ3v) is 4.71. The van der Waals surface area contributed by atoms with E-state index in [4.69, 9.17) is 9.31 Å². The van der Waals surface area contributed by atoms with Crippen LogP contribution in [0.1, 0.15) is 33.3 Å². The summed E-state index contributed by atoms with van der Waals surface area (Å²) in [4.78, 5) is 4.06. The molecule has 1 fully saturated rings. The van der Waals surface area contributed by atoms with Gasteiger partial charge in [-0.05, 0) is 39.3 Å². The van der Waals surface area contributed by atoms with Crippen molar-refractivity contribution in [1.29, 1.82) is 0 Å². The zero-order valence-electron chi connectivity index (χ0n) is 12.5. The molecule has 0 aromatic carbocycles. The molecule has 0 aliphatic carbocycles. The van der Waals surface area contributed by atoms with Gasteiger partial charge in [-0.15, -0.1) is 0 Å². The van der Waals surface area contributed by atoms with Crippen LogP contribution in [-0.4, -0.2) is 38.0 Å². The number of sulfone groups is 1. The third-order valence-electron chi connectivity index (χ3n) is 3.87. The average molecular weight is 297 g/mol. The maximum absolute atomic E-state index is 11.5. The summed E-state index contributed by atoms with van der Waals surface area (Å²) in [5.41, 5.74) is 0.420. The van der Waals surface area contributed by atoms with Gasteiger partial charge in [0.25, 0.3) is 0 Å². The molecule has 0 bridgehead atoms. The van der Waals surface area contributed by atoms with E-state index >= 15 is 0 Å². The Morgan fingerprint density at radius 2 is 1.75 bits per heavy atom. The molecule has 0 N–H and O–H groups in total. The van der Waals surface area contributed by atoms with Crippen molar-refractivity contribution in [2.24, 2.45) is 0 Å². The maximum Gasteiger partial charge on any atom is 0.496 e. The molecule has 0 radical (unpaired) electrons. The molecule has 1 aromatic heterocycles. The van der Waals surface area contributed by atoms with E-state index < -0.39 is 28.2 Å². The van der Waals surface area contributed by atoms with Crippen molar-refractivity contribution >= 4 is 22.4 Å². The van der Waals surface area contributed by atoms with Crippen LogP contribution in [0.15, 0.2) is 18.5 Å². The highest BCUT2D eigenvalue weighted by atomic mass is 32.2. The lowest BCUT2D eigenvalue weighted by atomic mass is 9.77. The van der Waals surface area contributed by atoms with E-state index in [2.05, 4.69) is 4.98 Å². The molecule has 1 aliphatic rings. The molecule has 2 heterocycles. The van der Waals surface area contributed by atoms with Gasteiger partial charge in [-0.1, -0.05) is 0 Å². The van der Waals surface area contributed by atoms with Crippen LogP contribution >= 0.6 is 0 Å². The van der Waals surface area contributed by atoms with E-state index in [-0.39, 0.29) is 5.75 Å². The third kappa shape index (κ3) is 3.05. The first-order chi connectivity index (χ1) is 9.02. The molecule has 0 amide bonds. The van der Waals surface area contributed by atoms with Gasteiger partial charge < -0.3 is 9.31 Å². The zero-order chi connectivity index (χ0) is 15.2. The minimum Gasteiger partial charge on any atom is -0.399 e. The van der Waals surface area contributed by atoms with Gasteiger partial charge in [0.1, 0.15) is 0 Å². The van der Waals surface area contributed by atoms with Gasteiger partial charge in [0.2, 0.25) is 0 Å². The van der Waals surface area contributed by atoms with Crippen molar-refractivity contribution in [3.63, 3.8) is 0 Å². The Labute approximate surface area is 120 Å². The van der Waals surface area contributed by atoms with Crippen molar-refractivity contribution in [3.05, 3.63) is 24.0 Å². The van der Waals surface area contributed by atoms with Crippen LogP contribution in [0.2, 0.25) is 0 Å². The number of rotatable bonds is 3. The molecule has 0 unspecified atom stereocenters. The quantitative estimate of drug-likeness (QED) is 0.776. The summed E-state index contributed by atoms with van der Waals surface area (Å²) >= 11 is 0. The van der Waals surface area contributed by atoms with Gasteiger partial charge in [0.15, 0.2) is 9.84 Å². The highest BCUT2D eigenvalue weighted by Gasteiger charge is 2.52. The van der Waals surface area contributed by atoms with Crippen LogP contribution in [0, 0.1) is 0 Å². The molecule has 1 saturated heterocycles. The molecule has 0 saturated carbocycles. The first kappa shape index (κ1) is 15.5. The molecular weight excluding hydrogens is 277 g/mol. The summed E-state index contributed by atoms with van der Waals surface area (Å²) < 4.78 is 34.9. The van der Waals surface area contributed by atoms with Gasteiger partial charge >= 0.3 is 7.12 Å². The predicted molar refractivity (Wildman–Crippen MR) is 78.5 cm³/mol. The van der Waals surface area contributed by atoms with Gasteiger partial charge in [-0.2, -0.15) is 0 Å². The summed E-state index contributed by atoms with van der Waals surface area (Å²) in [5, 5.41) is 0. The second kappa shape index (κ2) is 4.82. The molecule has 0 atom stereocenters. The Morgan fingerprint density at radius 3 is 2.25 bits per heavy atom. The second-order valence-electron chi connectivity index (χ2n) is 6.23. The first-order valence-corrected chi connectivity index (χ1v) is 8.54. The van der Waals surface area contributed by atoms with E-state index in [9.17, 15) is 8.42 Å². The lowest BCUT2D eigenvalue weighted by Gasteiger charge is -2.32. The Hall–Kier alpha value is -0.915. The Kier molecular flexibility index (Phi) is 3.73. The van der Waals surface area contributed by atoms with Crippen LogP contribution in [0.25, 0.3) is 0 Å². The Bertz CT molecular complexity index is 597. The van der Waals surface area contributed by atoms with Crippen molar-refractivity contribution in [1.82, 2.24) is 4.98 Å². The number of hydrogen-bond acceptors (Lipinski definition) is 5. The Balaban J connectivity index is 2.36. The lowest BCUT2D eigenvalue weighted by Crippen LogP contribution is -2.41. The molecule has 5 nitrogen and oxygen atoms in total. The van der Waals surface area contributed by atoms with E-state index in [1.165, 1.54) is 6.26 Å². The van der Waals surface area contributed by atoms with Crippen LogP contribution in [0.4, 0.5) is 0 Å². The van der Waals surface area contributed by atoms with Gasteiger partial charge in [0, 0.05) is 24.1 Å². The fraction of sp³-hybridized carbons (Fsp3) is 0.615. The number of nitrogens with zero attached hydrogens (tertiary/aromatic N) is 1. The molecular formula is C13H20BNO4S. The molecule has 1 aliphatic heterocycles. The molecule has 7 heteroatoms. The topological polar surface area (TPSA) is 65.5 Å². The van der Waals surface area contributed by atoms with Crippen molar-refractivity contribution in [2.75, 3.05) is 6.26 Å². The van der Waals surface area contributed by atoms with E-state index in [0.717, 1.165) is 0 Å². The summed E-state index contributed by atoms with van der Waals surface area (Å²) in [6.45, 7) is 7.83. The zero-order valence-corrected chi connectivity index (χ0v) is 13.3. The monoisotopic (exact) mass is 297 g/mol. The second-order valence-corrected chi connectivity index (χ2v) is 8.37. The van der Waals surface area contributed by atoms with E-state index in [1.807, 2.05) is 27.7 Å². The Morgan fingerprint density at radius 1 is 1.20 bits per heavy atom. The summed E-state index contributed by atoms with van der Waals surface area (Å²) in [6, 6.07) is 1.70. The van der Waals surface area contributed by atoms with E-state index in [1.54, 1.807) is 18.5 Å². The van der Waals surface area contributed by atoms with Crippen molar-refractivity contribution in [3.8, 4) is 0 Å². The molecule has 1 aromatic rings. The summed E-state index contributed by atoms with van der Waals surface area (Å²) in [5.74, 6) is -0.0467.